The molecule has 0 spiro atoms. The van der Waals surface area contributed by atoms with Crippen molar-refractivity contribution < 1.29 is 14.7 Å². The number of hydrogen-bond donors (Lipinski definition) is 3. The summed E-state index contributed by atoms with van der Waals surface area (Å²) in [7, 11) is 0. The van der Waals surface area contributed by atoms with E-state index >= 15 is 0 Å². The van der Waals surface area contributed by atoms with Gasteiger partial charge in [0, 0.05) is 30.4 Å². The number of rotatable bonds is 6. The molecule has 2 saturated carbocycles. The number of carbonyl (C=O) groups is 2. The minimum absolute atomic E-state index is 0.0194. The fourth-order valence-corrected chi connectivity index (χ4v) is 5.08. The first-order chi connectivity index (χ1) is 16.6. The molecule has 182 valence electrons. The number of nitrogen functional groups attached to an aromatic ring is 1. The van der Waals surface area contributed by atoms with Crippen LogP contribution in [0.3, 0.4) is 0 Å². The molecule has 0 saturated heterocycles. The molecule has 1 atom stereocenters. The maximum Gasteiger partial charge on any atom is 0.259 e. The van der Waals surface area contributed by atoms with Crippen LogP contribution in [0.25, 0.3) is 16.9 Å². The number of hydrogen-bond acceptors (Lipinski definition) is 6. The number of amides is 2. The van der Waals surface area contributed by atoms with Crippen LogP contribution >= 0.6 is 0 Å². The van der Waals surface area contributed by atoms with Gasteiger partial charge in [0.15, 0.2) is 11.5 Å². The number of nitrogens with two attached hydrogens (primary N) is 1. The van der Waals surface area contributed by atoms with Gasteiger partial charge in [0.1, 0.15) is 5.56 Å². The highest BCUT2D eigenvalue weighted by Gasteiger charge is 2.41. The molecule has 0 bridgehead atoms. The Labute approximate surface area is 203 Å². The van der Waals surface area contributed by atoms with Crippen LogP contribution in [0.4, 0.5) is 5.82 Å². The molecule has 3 aliphatic rings. The van der Waals surface area contributed by atoms with Crippen LogP contribution in [-0.4, -0.2) is 48.5 Å². The summed E-state index contributed by atoms with van der Waals surface area (Å²) in [6.07, 6.45) is 5.96. The van der Waals surface area contributed by atoms with E-state index in [1.54, 1.807) is 26.1 Å². The molecule has 2 aliphatic carbocycles. The average molecular weight is 475 g/mol. The minimum Gasteiger partial charge on any atom is -0.386 e. The monoisotopic (exact) mass is 474 g/mol. The first-order valence-corrected chi connectivity index (χ1v) is 12.3. The van der Waals surface area contributed by atoms with Gasteiger partial charge in [0.2, 0.25) is 0 Å². The van der Waals surface area contributed by atoms with Gasteiger partial charge in [-0.3, -0.25) is 9.59 Å². The van der Waals surface area contributed by atoms with Crippen LogP contribution in [0.2, 0.25) is 0 Å². The largest absolute Gasteiger partial charge is 0.386 e. The van der Waals surface area contributed by atoms with Crippen LogP contribution in [0.1, 0.15) is 78.3 Å². The number of anilines is 1. The molecule has 9 heteroatoms. The van der Waals surface area contributed by atoms with Gasteiger partial charge in [-0.15, -0.1) is 5.10 Å². The van der Waals surface area contributed by atoms with Gasteiger partial charge in [-0.1, -0.05) is 0 Å². The van der Waals surface area contributed by atoms with Gasteiger partial charge in [-0.2, -0.15) is 0 Å². The SMILES string of the molecule is CC(C1CC1)N1Cc2cc(-c3ccn4nc(N)c(C(=O)NC5CC5)c4n3)cc(C(C)(C)O)c2C1=O. The molecule has 1 aromatic carbocycles. The summed E-state index contributed by atoms with van der Waals surface area (Å²) in [6.45, 7) is 6.02. The van der Waals surface area contributed by atoms with E-state index < -0.39 is 5.60 Å². The lowest BCUT2D eigenvalue weighted by atomic mass is 9.88. The number of fused-ring (bicyclic) bond motifs is 2. The van der Waals surface area contributed by atoms with Crippen molar-refractivity contribution in [3.63, 3.8) is 0 Å². The van der Waals surface area contributed by atoms with Crippen molar-refractivity contribution in [3.8, 4) is 11.3 Å². The van der Waals surface area contributed by atoms with E-state index in [2.05, 4.69) is 17.3 Å². The third kappa shape index (κ3) is 3.74. The molecule has 0 radical (unpaired) electrons. The zero-order valence-corrected chi connectivity index (χ0v) is 20.2. The maximum atomic E-state index is 13.4. The number of aromatic nitrogens is 3. The lowest BCUT2D eigenvalue weighted by Gasteiger charge is -2.25. The Morgan fingerprint density at radius 3 is 2.66 bits per heavy atom. The van der Waals surface area contributed by atoms with Crippen molar-refractivity contribution in [1.82, 2.24) is 24.8 Å². The Hall–Kier alpha value is -3.46. The van der Waals surface area contributed by atoms with Gasteiger partial charge in [0.25, 0.3) is 11.8 Å². The fraction of sp³-hybridized carbons (Fsp3) is 0.462. The van der Waals surface area contributed by atoms with Crippen LogP contribution in [-0.2, 0) is 12.1 Å². The summed E-state index contributed by atoms with van der Waals surface area (Å²) in [5, 5.41) is 18.2. The first-order valence-electron chi connectivity index (χ1n) is 12.3. The molecule has 3 heterocycles. The minimum atomic E-state index is -1.21. The van der Waals surface area contributed by atoms with E-state index in [4.69, 9.17) is 10.7 Å². The first kappa shape index (κ1) is 22.0. The van der Waals surface area contributed by atoms with Crippen molar-refractivity contribution >= 4 is 23.3 Å². The summed E-state index contributed by atoms with van der Waals surface area (Å²) >= 11 is 0. The normalized spacial score (nSPS) is 18.7. The van der Waals surface area contributed by atoms with Gasteiger partial charge >= 0.3 is 0 Å². The number of nitrogens with zero attached hydrogens (tertiary/aromatic N) is 4. The van der Waals surface area contributed by atoms with Gasteiger partial charge in [-0.05, 0) is 81.7 Å². The summed E-state index contributed by atoms with van der Waals surface area (Å²) in [5.41, 5.74) is 8.95. The molecule has 4 N–H and O–H groups in total. The highest BCUT2D eigenvalue weighted by atomic mass is 16.3. The van der Waals surface area contributed by atoms with Crippen molar-refractivity contribution in [3.05, 3.63) is 46.6 Å². The lowest BCUT2D eigenvalue weighted by Crippen LogP contribution is -2.35. The standard InChI is InChI=1S/C26H30N6O3/c1-13(14-4-5-14)31-12-16-10-15(11-18(26(2,3)35)20(16)25(31)34)19-8-9-32-23(29-19)21(22(27)30-32)24(33)28-17-6-7-17/h8-11,13-14,17,35H,4-7,12H2,1-3H3,(H2,27,30)(H,28,33). The Kier molecular flexibility index (Phi) is 4.73. The quantitative estimate of drug-likeness (QED) is 0.504. The predicted molar refractivity (Wildman–Crippen MR) is 131 cm³/mol. The molecule has 1 unspecified atom stereocenters. The highest BCUT2D eigenvalue weighted by molar-refractivity contribution is 6.04. The van der Waals surface area contributed by atoms with E-state index in [1.807, 2.05) is 17.0 Å². The Morgan fingerprint density at radius 1 is 1.26 bits per heavy atom. The number of carbonyl (C=O) groups excluding carboxylic acids is 2. The average Bonchev–Trinajstić information content (AvgIpc) is 3.72. The van der Waals surface area contributed by atoms with Crippen molar-refractivity contribution in [2.45, 2.75) is 70.7 Å². The summed E-state index contributed by atoms with van der Waals surface area (Å²) < 4.78 is 1.51. The Morgan fingerprint density at radius 2 is 2.00 bits per heavy atom. The van der Waals surface area contributed by atoms with Crippen LogP contribution in [0.5, 0.6) is 0 Å². The molecule has 35 heavy (non-hydrogen) atoms. The van der Waals surface area contributed by atoms with Crippen LogP contribution in [0, 0.1) is 5.92 Å². The molecule has 2 aromatic heterocycles. The fourth-order valence-electron chi connectivity index (χ4n) is 5.08. The summed E-state index contributed by atoms with van der Waals surface area (Å²) in [4.78, 5) is 32.9. The zero-order valence-electron chi connectivity index (χ0n) is 20.2. The van der Waals surface area contributed by atoms with Crippen molar-refractivity contribution in [2.24, 2.45) is 5.92 Å². The van der Waals surface area contributed by atoms with Gasteiger partial charge in [-0.25, -0.2) is 9.50 Å². The molecular formula is C26H30N6O3. The number of nitrogens with one attached hydrogen (secondary N) is 1. The third-order valence-corrected chi connectivity index (χ3v) is 7.44. The molecule has 6 rings (SSSR count). The maximum absolute atomic E-state index is 13.4. The topological polar surface area (TPSA) is 126 Å². The van der Waals surface area contributed by atoms with E-state index in [1.165, 1.54) is 4.52 Å². The molecule has 1 aliphatic heterocycles. The second kappa shape index (κ2) is 7.52. The number of aliphatic hydroxyl groups is 1. The number of benzene rings is 1. The van der Waals surface area contributed by atoms with Crippen LogP contribution in [0.15, 0.2) is 24.4 Å². The van der Waals surface area contributed by atoms with Crippen molar-refractivity contribution in [2.75, 3.05) is 5.73 Å². The molecule has 2 fully saturated rings. The Balaban J connectivity index is 1.44. The van der Waals surface area contributed by atoms with Gasteiger partial charge < -0.3 is 21.1 Å². The van der Waals surface area contributed by atoms with Crippen molar-refractivity contribution in [1.29, 1.82) is 0 Å². The second-order valence-electron chi connectivity index (χ2n) is 10.7. The smallest absolute Gasteiger partial charge is 0.259 e. The van der Waals surface area contributed by atoms with E-state index in [0.717, 1.165) is 36.8 Å². The van der Waals surface area contributed by atoms with E-state index in [-0.39, 0.29) is 35.3 Å². The molecule has 2 amide bonds. The van der Waals surface area contributed by atoms with Gasteiger partial charge in [0.05, 0.1) is 16.9 Å². The summed E-state index contributed by atoms with van der Waals surface area (Å²) in [5.74, 6) is 0.393. The molecule has 3 aromatic rings. The third-order valence-electron chi connectivity index (χ3n) is 7.44. The summed E-state index contributed by atoms with van der Waals surface area (Å²) in [6, 6.07) is 5.98. The molecule has 9 nitrogen and oxygen atoms in total. The van der Waals surface area contributed by atoms with E-state index in [0.29, 0.717) is 34.9 Å². The van der Waals surface area contributed by atoms with E-state index in [9.17, 15) is 14.7 Å². The molecular weight excluding hydrogens is 444 g/mol. The highest BCUT2D eigenvalue weighted by Crippen LogP contribution is 2.41. The van der Waals surface area contributed by atoms with Crippen LogP contribution < -0.4 is 11.1 Å². The second-order valence-corrected chi connectivity index (χ2v) is 10.7. The Bertz CT molecular complexity index is 1380. The predicted octanol–water partition coefficient (Wildman–Crippen LogP) is 2.85. The lowest BCUT2D eigenvalue weighted by molar-refractivity contribution is 0.0648. The zero-order chi connectivity index (χ0) is 24.6.